The van der Waals surface area contributed by atoms with Crippen molar-refractivity contribution in [1.29, 1.82) is 0 Å². The van der Waals surface area contributed by atoms with E-state index in [9.17, 15) is 22.7 Å². The number of benzene rings is 1. The Balaban J connectivity index is 3.20. The van der Waals surface area contributed by atoms with Crippen molar-refractivity contribution >= 4 is 0 Å². The predicted molar refractivity (Wildman–Crippen MR) is 55.8 cm³/mol. The molecule has 0 spiro atoms. The van der Waals surface area contributed by atoms with Gasteiger partial charge in [0.15, 0.2) is 0 Å². The van der Waals surface area contributed by atoms with Crippen LogP contribution in [-0.2, 0) is 6.18 Å². The molecule has 0 saturated carbocycles. The van der Waals surface area contributed by atoms with Gasteiger partial charge in [-0.05, 0) is 32.0 Å². The summed E-state index contributed by atoms with van der Waals surface area (Å²) in [4.78, 5) is 0. The highest BCUT2D eigenvalue weighted by atomic mass is 19.4. The van der Waals surface area contributed by atoms with Crippen LogP contribution in [0.25, 0.3) is 0 Å². The van der Waals surface area contributed by atoms with E-state index in [0.29, 0.717) is 23.8 Å². The summed E-state index contributed by atoms with van der Waals surface area (Å²) in [5.74, 6) is -0.858. The van der Waals surface area contributed by atoms with Gasteiger partial charge in [-0.2, -0.15) is 13.2 Å². The molecule has 0 saturated heterocycles. The predicted octanol–water partition coefficient (Wildman–Crippen LogP) is 3.84. The number of hydrogen-bond donors (Lipinski definition) is 1. The summed E-state index contributed by atoms with van der Waals surface area (Å²) >= 11 is 0. The molecule has 0 aromatic heterocycles. The molecular formula is C12H12F4O. The molecule has 17 heavy (non-hydrogen) atoms. The van der Waals surface area contributed by atoms with Crippen molar-refractivity contribution in [2.75, 3.05) is 0 Å². The van der Waals surface area contributed by atoms with E-state index in [0.717, 1.165) is 0 Å². The maximum atomic E-state index is 13.3. The first-order chi connectivity index (χ1) is 7.71. The molecule has 0 aliphatic carbocycles. The number of allylic oxidation sites excluding steroid dienone is 1. The molecule has 94 valence electrons. The fraction of sp³-hybridized carbons (Fsp3) is 0.333. The molecule has 0 amide bonds. The Morgan fingerprint density at radius 3 is 2.35 bits per heavy atom. The van der Waals surface area contributed by atoms with Crippen molar-refractivity contribution in [3.05, 3.63) is 46.8 Å². The van der Waals surface area contributed by atoms with E-state index in [2.05, 4.69) is 0 Å². The first kappa shape index (κ1) is 13.7. The van der Waals surface area contributed by atoms with Crippen LogP contribution in [0.2, 0.25) is 0 Å². The molecule has 0 fully saturated rings. The fourth-order valence-corrected chi connectivity index (χ4v) is 1.35. The van der Waals surface area contributed by atoms with Gasteiger partial charge in [-0.3, -0.25) is 0 Å². The largest absolute Gasteiger partial charge is 0.416 e. The van der Waals surface area contributed by atoms with E-state index < -0.39 is 23.7 Å². The smallest absolute Gasteiger partial charge is 0.384 e. The minimum atomic E-state index is -4.55. The zero-order valence-corrected chi connectivity index (χ0v) is 9.35. The Morgan fingerprint density at radius 2 is 1.88 bits per heavy atom. The fourth-order valence-electron chi connectivity index (χ4n) is 1.35. The van der Waals surface area contributed by atoms with Gasteiger partial charge >= 0.3 is 6.18 Å². The lowest BCUT2D eigenvalue weighted by Gasteiger charge is -2.12. The average molecular weight is 248 g/mol. The van der Waals surface area contributed by atoms with Gasteiger partial charge in [0, 0.05) is 5.56 Å². The lowest BCUT2D eigenvalue weighted by molar-refractivity contribution is -0.137. The molecule has 0 heterocycles. The van der Waals surface area contributed by atoms with E-state index in [1.54, 1.807) is 13.8 Å². The average Bonchev–Trinajstić information content (AvgIpc) is 2.15. The van der Waals surface area contributed by atoms with Gasteiger partial charge in [-0.15, -0.1) is 0 Å². The van der Waals surface area contributed by atoms with Crippen LogP contribution in [0.3, 0.4) is 0 Å². The highest BCUT2D eigenvalue weighted by Gasteiger charge is 2.31. The molecule has 1 unspecified atom stereocenters. The summed E-state index contributed by atoms with van der Waals surface area (Å²) in [6.45, 7) is 3.32. The van der Waals surface area contributed by atoms with E-state index in [1.165, 1.54) is 6.08 Å². The first-order valence-corrected chi connectivity index (χ1v) is 4.91. The lowest BCUT2D eigenvalue weighted by Crippen LogP contribution is -2.08. The van der Waals surface area contributed by atoms with Gasteiger partial charge in [0.1, 0.15) is 11.9 Å². The number of halogens is 4. The van der Waals surface area contributed by atoms with E-state index in [4.69, 9.17) is 0 Å². The Labute approximate surface area is 96.4 Å². The number of hydrogen-bond acceptors (Lipinski definition) is 1. The number of alkyl halides is 3. The van der Waals surface area contributed by atoms with E-state index in [1.807, 2.05) is 0 Å². The molecule has 1 rings (SSSR count). The summed E-state index contributed by atoms with van der Waals surface area (Å²) in [7, 11) is 0. The maximum Gasteiger partial charge on any atom is 0.416 e. The van der Waals surface area contributed by atoms with Crippen LogP contribution in [0.5, 0.6) is 0 Å². The Morgan fingerprint density at radius 1 is 1.29 bits per heavy atom. The standard InChI is InChI=1S/C12H12F4O/c1-7(2)5-11(17)9-6-8(12(14,15)16)3-4-10(9)13/h3-6,11,17H,1-2H3. The van der Waals surface area contributed by atoms with Gasteiger partial charge in [-0.25, -0.2) is 4.39 Å². The Kier molecular flexibility index (Phi) is 3.93. The Bertz CT molecular complexity index is 431. The van der Waals surface area contributed by atoms with Gasteiger partial charge < -0.3 is 5.11 Å². The topological polar surface area (TPSA) is 20.2 Å². The normalized spacial score (nSPS) is 13.4. The second-order valence-electron chi connectivity index (χ2n) is 3.92. The second kappa shape index (κ2) is 4.87. The molecule has 1 atom stereocenters. The van der Waals surface area contributed by atoms with Crippen molar-refractivity contribution in [1.82, 2.24) is 0 Å². The van der Waals surface area contributed by atoms with Crippen LogP contribution in [-0.4, -0.2) is 5.11 Å². The maximum absolute atomic E-state index is 13.3. The van der Waals surface area contributed by atoms with Crippen molar-refractivity contribution in [2.45, 2.75) is 26.1 Å². The number of aliphatic hydroxyl groups is 1. The molecular weight excluding hydrogens is 236 g/mol. The van der Waals surface area contributed by atoms with Crippen LogP contribution in [0, 0.1) is 5.82 Å². The summed E-state index contributed by atoms with van der Waals surface area (Å²) in [6.07, 6.45) is -4.63. The van der Waals surface area contributed by atoms with E-state index >= 15 is 0 Å². The van der Waals surface area contributed by atoms with Crippen LogP contribution in [0.1, 0.15) is 31.1 Å². The van der Waals surface area contributed by atoms with Crippen LogP contribution < -0.4 is 0 Å². The Hall–Kier alpha value is -1.36. The highest BCUT2D eigenvalue weighted by Crippen LogP contribution is 2.32. The van der Waals surface area contributed by atoms with Crippen molar-refractivity contribution in [3.63, 3.8) is 0 Å². The van der Waals surface area contributed by atoms with Gasteiger partial charge in [0.05, 0.1) is 5.56 Å². The molecule has 1 N–H and O–H groups in total. The van der Waals surface area contributed by atoms with Crippen LogP contribution in [0.15, 0.2) is 29.8 Å². The third kappa shape index (κ3) is 3.56. The zero-order chi connectivity index (χ0) is 13.2. The number of aliphatic hydroxyl groups excluding tert-OH is 1. The van der Waals surface area contributed by atoms with E-state index in [-0.39, 0.29) is 5.56 Å². The molecule has 1 aromatic carbocycles. The highest BCUT2D eigenvalue weighted by molar-refractivity contribution is 5.31. The molecule has 5 heteroatoms. The third-order valence-electron chi connectivity index (χ3n) is 2.13. The lowest BCUT2D eigenvalue weighted by atomic mass is 10.0. The van der Waals surface area contributed by atoms with Gasteiger partial charge in [0.2, 0.25) is 0 Å². The molecule has 1 nitrogen and oxygen atoms in total. The monoisotopic (exact) mass is 248 g/mol. The van der Waals surface area contributed by atoms with Gasteiger partial charge in [0.25, 0.3) is 0 Å². The summed E-state index contributed by atoms with van der Waals surface area (Å²) in [6, 6.07) is 1.98. The summed E-state index contributed by atoms with van der Waals surface area (Å²) in [5.41, 5.74) is -0.662. The number of rotatable bonds is 2. The minimum absolute atomic E-state index is 0.374. The molecule has 1 aromatic rings. The van der Waals surface area contributed by atoms with Crippen LogP contribution >= 0.6 is 0 Å². The third-order valence-corrected chi connectivity index (χ3v) is 2.13. The quantitative estimate of drug-likeness (QED) is 0.622. The molecule has 0 radical (unpaired) electrons. The SMILES string of the molecule is CC(C)=CC(O)c1cc(C(F)(F)F)ccc1F. The second-order valence-corrected chi connectivity index (χ2v) is 3.92. The molecule has 0 aliphatic rings. The van der Waals surface area contributed by atoms with Gasteiger partial charge in [-0.1, -0.05) is 11.6 Å². The van der Waals surface area contributed by atoms with Crippen molar-refractivity contribution < 1.29 is 22.7 Å². The van der Waals surface area contributed by atoms with Crippen LogP contribution in [0.4, 0.5) is 17.6 Å². The molecule has 0 aliphatic heterocycles. The summed E-state index contributed by atoms with van der Waals surface area (Å²) < 4.78 is 50.5. The summed E-state index contributed by atoms with van der Waals surface area (Å²) in [5, 5.41) is 9.58. The molecule has 0 bridgehead atoms. The first-order valence-electron chi connectivity index (χ1n) is 4.91. The van der Waals surface area contributed by atoms with Crippen molar-refractivity contribution in [3.8, 4) is 0 Å². The minimum Gasteiger partial charge on any atom is -0.384 e. The zero-order valence-electron chi connectivity index (χ0n) is 9.35. The van der Waals surface area contributed by atoms with Crippen molar-refractivity contribution in [2.24, 2.45) is 0 Å².